The summed E-state index contributed by atoms with van der Waals surface area (Å²) >= 11 is 3.78. The van der Waals surface area contributed by atoms with Crippen LogP contribution in [0.25, 0.3) is 11.2 Å². The van der Waals surface area contributed by atoms with Crippen molar-refractivity contribution in [3.63, 3.8) is 0 Å². The van der Waals surface area contributed by atoms with Crippen molar-refractivity contribution < 1.29 is 19.0 Å². The van der Waals surface area contributed by atoms with Gasteiger partial charge in [0.15, 0.2) is 29.0 Å². The summed E-state index contributed by atoms with van der Waals surface area (Å²) in [6.07, 6.45) is 7.47. The van der Waals surface area contributed by atoms with Gasteiger partial charge in [0.2, 0.25) is 0 Å². The summed E-state index contributed by atoms with van der Waals surface area (Å²) in [5.41, 5.74) is 1.40. The number of aromatic nitrogens is 4. The molecule has 0 radical (unpaired) electrons. The Labute approximate surface area is 266 Å². The number of benzene rings is 1. The number of hydrogen-bond donors (Lipinski definition) is 1. The molecular formula is C32H42BrN7O4. The van der Waals surface area contributed by atoms with Gasteiger partial charge in [-0.1, -0.05) is 18.2 Å². The number of fused-ring (bicyclic) bond motifs is 2. The average molecular weight is 669 g/mol. The maximum atomic E-state index is 12.9. The smallest absolute Gasteiger partial charge is 0.408 e. The normalized spacial score (nSPS) is 23.5. The number of ether oxygens (including phenoxy) is 3. The van der Waals surface area contributed by atoms with E-state index >= 15 is 0 Å². The lowest BCUT2D eigenvalue weighted by molar-refractivity contribution is -0.0369. The van der Waals surface area contributed by atoms with Crippen molar-refractivity contribution in [3.05, 3.63) is 34.4 Å². The van der Waals surface area contributed by atoms with E-state index < -0.39 is 17.3 Å². The zero-order valence-corrected chi connectivity index (χ0v) is 27.4. The molecule has 0 bridgehead atoms. The molecule has 12 heteroatoms. The van der Waals surface area contributed by atoms with Gasteiger partial charge in [0, 0.05) is 51.2 Å². The van der Waals surface area contributed by atoms with Gasteiger partial charge in [-0.15, -0.1) is 5.10 Å². The van der Waals surface area contributed by atoms with Crippen LogP contribution < -0.4 is 19.9 Å². The first-order valence-corrected chi connectivity index (χ1v) is 16.8. The van der Waals surface area contributed by atoms with Crippen LogP contribution in [0.5, 0.6) is 5.75 Å². The number of nitrogens with one attached hydrogen (secondary N) is 1. The first-order chi connectivity index (χ1) is 21.2. The molecule has 6 heterocycles. The Morgan fingerprint density at radius 2 is 1.75 bits per heavy atom. The summed E-state index contributed by atoms with van der Waals surface area (Å²) in [6.45, 7) is 9.68. The van der Waals surface area contributed by atoms with E-state index in [1.165, 1.54) is 6.42 Å². The van der Waals surface area contributed by atoms with Gasteiger partial charge in [-0.25, -0.2) is 19.4 Å². The molecule has 11 nitrogen and oxygen atoms in total. The average Bonchev–Trinajstić information content (AvgIpc) is 3.52. The number of alkyl carbamates (subject to hydrolysis) is 1. The van der Waals surface area contributed by atoms with Crippen LogP contribution in [0.3, 0.4) is 0 Å². The van der Waals surface area contributed by atoms with Crippen LogP contribution in [0.1, 0.15) is 90.0 Å². The van der Waals surface area contributed by atoms with E-state index in [0.29, 0.717) is 30.5 Å². The van der Waals surface area contributed by atoms with Gasteiger partial charge in [-0.2, -0.15) is 0 Å². The summed E-state index contributed by atoms with van der Waals surface area (Å²) in [5, 5.41) is 8.24. The number of carbonyl (C=O) groups is 1. The maximum absolute atomic E-state index is 12.9. The first-order valence-electron chi connectivity index (χ1n) is 16.1. The lowest BCUT2D eigenvalue weighted by Crippen LogP contribution is -2.54. The van der Waals surface area contributed by atoms with E-state index in [1.54, 1.807) is 0 Å². The van der Waals surface area contributed by atoms with Crippen LogP contribution in [0.4, 0.5) is 16.4 Å². The van der Waals surface area contributed by atoms with Crippen molar-refractivity contribution in [1.29, 1.82) is 0 Å². The van der Waals surface area contributed by atoms with Crippen LogP contribution in [0.2, 0.25) is 0 Å². The number of anilines is 2. The second kappa shape index (κ2) is 11.7. The number of piperidine rings is 2. The second-order valence-corrected chi connectivity index (χ2v) is 14.2. The molecule has 7 rings (SSSR count). The minimum Gasteiger partial charge on any atom is -0.484 e. The van der Waals surface area contributed by atoms with Gasteiger partial charge in [-0.05, 0) is 81.3 Å². The Balaban J connectivity index is 1.17. The Morgan fingerprint density at radius 3 is 2.48 bits per heavy atom. The van der Waals surface area contributed by atoms with Crippen molar-refractivity contribution in [2.24, 2.45) is 0 Å². The number of nitrogens with zero attached hydrogens (tertiary/aromatic N) is 6. The third-order valence-electron chi connectivity index (χ3n) is 9.17. The fraction of sp³-hybridized carbons (Fsp3) is 0.625. The van der Waals surface area contributed by atoms with Gasteiger partial charge in [0.05, 0.1) is 0 Å². The number of hydrogen-bond acceptors (Lipinski definition) is 9. The molecule has 4 aliphatic rings. The monoisotopic (exact) mass is 667 g/mol. The fourth-order valence-corrected chi connectivity index (χ4v) is 7.55. The van der Waals surface area contributed by atoms with Crippen molar-refractivity contribution in [2.75, 3.05) is 42.6 Å². The van der Waals surface area contributed by atoms with Crippen molar-refractivity contribution >= 4 is 44.8 Å². The van der Waals surface area contributed by atoms with E-state index in [0.717, 1.165) is 85.9 Å². The van der Waals surface area contributed by atoms with Gasteiger partial charge < -0.3 is 29.3 Å². The molecule has 3 fully saturated rings. The minimum atomic E-state index is -0.591. The zero-order chi connectivity index (χ0) is 30.5. The van der Waals surface area contributed by atoms with Crippen LogP contribution in [0, 0.1) is 0 Å². The van der Waals surface area contributed by atoms with Gasteiger partial charge in [0.25, 0.3) is 0 Å². The Bertz CT molecular complexity index is 1520. The Morgan fingerprint density at radius 1 is 1.00 bits per heavy atom. The maximum Gasteiger partial charge on any atom is 0.408 e. The second-order valence-electron chi connectivity index (χ2n) is 13.4. The molecule has 236 valence electrons. The molecule has 0 saturated carbocycles. The molecule has 3 aromatic rings. The highest BCUT2D eigenvalue weighted by Crippen LogP contribution is 2.49. The van der Waals surface area contributed by atoms with Crippen molar-refractivity contribution in [1.82, 2.24) is 25.1 Å². The third kappa shape index (κ3) is 5.59. The highest BCUT2D eigenvalue weighted by molar-refractivity contribution is 9.10. The molecule has 2 atom stereocenters. The van der Waals surface area contributed by atoms with Gasteiger partial charge >= 0.3 is 6.09 Å². The number of amides is 1. The largest absolute Gasteiger partial charge is 0.484 e. The number of carbonyl (C=O) groups excluding carboxylic acids is 1. The van der Waals surface area contributed by atoms with E-state index in [4.69, 9.17) is 29.3 Å². The van der Waals surface area contributed by atoms with Crippen molar-refractivity contribution in [2.45, 2.75) is 95.6 Å². The highest BCUT2D eigenvalue weighted by atomic mass is 79.9. The van der Waals surface area contributed by atoms with Crippen LogP contribution in [-0.4, -0.2) is 69.8 Å². The molecule has 1 aromatic carbocycles. The van der Waals surface area contributed by atoms with Crippen LogP contribution >= 0.6 is 15.9 Å². The summed E-state index contributed by atoms with van der Waals surface area (Å²) in [7, 11) is 0. The SMILES string of the molecule is CC(C)(C)OC(=O)N[C@@H]1c2ccccc2OC12CCN(c1nc3c(nc1Br)c(N1CCCCC1)nn3C1CCCCO1)CC2. The molecule has 4 aliphatic heterocycles. The fourth-order valence-electron chi connectivity index (χ4n) is 7.04. The third-order valence-corrected chi connectivity index (χ3v) is 9.71. The highest BCUT2D eigenvalue weighted by Gasteiger charge is 2.51. The molecular weight excluding hydrogens is 626 g/mol. The quantitative estimate of drug-likeness (QED) is 0.344. The van der Waals surface area contributed by atoms with Crippen LogP contribution in [0.15, 0.2) is 28.9 Å². The van der Waals surface area contributed by atoms with E-state index in [1.807, 2.05) is 49.7 Å². The Hall–Kier alpha value is -3.12. The van der Waals surface area contributed by atoms with Crippen LogP contribution in [-0.2, 0) is 9.47 Å². The molecule has 3 saturated heterocycles. The summed E-state index contributed by atoms with van der Waals surface area (Å²) in [6, 6.07) is 7.65. The molecule has 1 amide bonds. The molecule has 0 aliphatic carbocycles. The number of rotatable bonds is 4. The van der Waals surface area contributed by atoms with Gasteiger partial charge in [0.1, 0.15) is 27.6 Å². The summed E-state index contributed by atoms with van der Waals surface area (Å²) in [4.78, 5) is 27.9. The number of para-hydroxylation sites is 1. The lowest BCUT2D eigenvalue weighted by atomic mass is 9.82. The lowest BCUT2D eigenvalue weighted by Gasteiger charge is -2.42. The molecule has 1 spiro atoms. The van der Waals surface area contributed by atoms with Crippen molar-refractivity contribution in [3.8, 4) is 5.75 Å². The summed E-state index contributed by atoms with van der Waals surface area (Å²) < 4.78 is 21.2. The first kappa shape index (κ1) is 29.6. The number of halogens is 1. The molecule has 2 aromatic heterocycles. The zero-order valence-electron chi connectivity index (χ0n) is 25.9. The minimum absolute atomic E-state index is 0.136. The summed E-state index contributed by atoms with van der Waals surface area (Å²) in [5.74, 6) is 2.51. The predicted octanol–water partition coefficient (Wildman–Crippen LogP) is 6.28. The Kier molecular flexibility index (Phi) is 7.84. The van der Waals surface area contributed by atoms with E-state index in [-0.39, 0.29) is 12.3 Å². The molecule has 1 unspecified atom stereocenters. The van der Waals surface area contributed by atoms with E-state index in [9.17, 15) is 4.79 Å². The topological polar surface area (TPSA) is 107 Å². The van der Waals surface area contributed by atoms with Gasteiger partial charge in [-0.3, -0.25) is 0 Å². The molecule has 1 N–H and O–H groups in total. The molecule has 44 heavy (non-hydrogen) atoms. The predicted molar refractivity (Wildman–Crippen MR) is 171 cm³/mol. The van der Waals surface area contributed by atoms with E-state index in [2.05, 4.69) is 31.0 Å². The standard InChI is InChI=1S/C32H42BrN7O4/c1-31(2,3)44-30(41)35-25-21-11-5-6-12-22(21)43-32(25)14-18-39(19-15-32)29-26(33)34-24-27(36-29)40(23-13-7-10-20-42-23)37-28(24)38-16-8-4-9-17-38/h5-6,11-12,23,25H,4,7-10,13-20H2,1-3H3,(H,35,41)/t23?,25-/m1/s1.